The minimum absolute atomic E-state index is 0.645. The van der Waals surface area contributed by atoms with Gasteiger partial charge in [0.15, 0.2) is 0 Å². The van der Waals surface area contributed by atoms with E-state index in [0.29, 0.717) is 6.04 Å². The highest BCUT2D eigenvalue weighted by molar-refractivity contribution is 5.15. The summed E-state index contributed by atoms with van der Waals surface area (Å²) in [6.07, 6.45) is 6.37. The van der Waals surface area contributed by atoms with Crippen LogP contribution in [0.5, 0.6) is 0 Å². The molecule has 18 heavy (non-hydrogen) atoms. The van der Waals surface area contributed by atoms with E-state index in [9.17, 15) is 0 Å². The summed E-state index contributed by atoms with van der Waals surface area (Å²) in [5.74, 6) is 0.827. The molecule has 0 saturated heterocycles. The molecule has 1 aromatic carbocycles. The van der Waals surface area contributed by atoms with Crippen molar-refractivity contribution >= 4 is 0 Å². The molecule has 0 aliphatic heterocycles. The first-order valence-electron chi connectivity index (χ1n) is 7.49. The van der Waals surface area contributed by atoms with Crippen molar-refractivity contribution in [2.24, 2.45) is 5.92 Å². The van der Waals surface area contributed by atoms with E-state index < -0.39 is 0 Å². The summed E-state index contributed by atoms with van der Waals surface area (Å²) in [4.78, 5) is 0. The summed E-state index contributed by atoms with van der Waals surface area (Å²) in [5.41, 5.74) is 1.45. The molecule has 0 fully saturated rings. The van der Waals surface area contributed by atoms with Gasteiger partial charge in [-0.2, -0.15) is 0 Å². The van der Waals surface area contributed by atoms with Gasteiger partial charge < -0.3 is 5.32 Å². The van der Waals surface area contributed by atoms with Gasteiger partial charge in [0.1, 0.15) is 0 Å². The SMILES string of the molecule is CCCNC(CCCC(C)C)Cc1ccccc1. The molecule has 0 radical (unpaired) electrons. The summed E-state index contributed by atoms with van der Waals surface area (Å²) in [7, 11) is 0. The first kappa shape index (κ1) is 15.2. The number of hydrogen-bond donors (Lipinski definition) is 1. The van der Waals surface area contributed by atoms with Crippen LogP contribution in [0.25, 0.3) is 0 Å². The van der Waals surface area contributed by atoms with E-state index in [4.69, 9.17) is 0 Å². The molecule has 0 aliphatic carbocycles. The first-order chi connectivity index (χ1) is 8.72. The van der Waals surface area contributed by atoms with Crippen molar-refractivity contribution in [3.05, 3.63) is 35.9 Å². The van der Waals surface area contributed by atoms with E-state index >= 15 is 0 Å². The smallest absolute Gasteiger partial charge is 0.0107 e. The molecule has 0 amide bonds. The Hall–Kier alpha value is -0.820. The number of nitrogens with one attached hydrogen (secondary N) is 1. The van der Waals surface area contributed by atoms with E-state index in [1.165, 1.54) is 37.7 Å². The Balaban J connectivity index is 2.39. The van der Waals surface area contributed by atoms with Crippen molar-refractivity contribution in [3.63, 3.8) is 0 Å². The molecule has 1 unspecified atom stereocenters. The van der Waals surface area contributed by atoms with Crippen LogP contribution in [-0.4, -0.2) is 12.6 Å². The largest absolute Gasteiger partial charge is 0.314 e. The lowest BCUT2D eigenvalue weighted by Crippen LogP contribution is -2.31. The van der Waals surface area contributed by atoms with E-state index in [1.54, 1.807) is 0 Å². The molecule has 1 N–H and O–H groups in total. The lowest BCUT2D eigenvalue weighted by Gasteiger charge is -2.19. The van der Waals surface area contributed by atoms with Crippen molar-refractivity contribution in [2.75, 3.05) is 6.54 Å². The fourth-order valence-electron chi connectivity index (χ4n) is 2.30. The highest BCUT2D eigenvalue weighted by Crippen LogP contribution is 2.12. The van der Waals surface area contributed by atoms with Crippen LogP contribution in [-0.2, 0) is 6.42 Å². The Labute approximate surface area is 113 Å². The van der Waals surface area contributed by atoms with Gasteiger partial charge >= 0.3 is 0 Å². The van der Waals surface area contributed by atoms with Gasteiger partial charge in [0.2, 0.25) is 0 Å². The van der Waals surface area contributed by atoms with Crippen LogP contribution in [0.15, 0.2) is 30.3 Å². The molecule has 0 spiro atoms. The zero-order valence-electron chi connectivity index (χ0n) is 12.3. The average Bonchev–Trinajstić information content (AvgIpc) is 2.36. The van der Waals surface area contributed by atoms with Crippen LogP contribution in [0.4, 0.5) is 0 Å². The molecule has 0 aromatic heterocycles. The fraction of sp³-hybridized carbons (Fsp3) is 0.647. The highest BCUT2D eigenvalue weighted by Gasteiger charge is 2.08. The Bertz CT molecular complexity index is 292. The van der Waals surface area contributed by atoms with Crippen molar-refractivity contribution < 1.29 is 0 Å². The second kappa shape index (κ2) is 9.16. The third-order valence-corrected chi connectivity index (χ3v) is 3.34. The standard InChI is InChI=1S/C17H29N/c1-4-13-18-17(12-8-9-15(2)3)14-16-10-6-5-7-11-16/h5-7,10-11,15,17-18H,4,8-9,12-14H2,1-3H3. The van der Waals surface area contributed by atoms with Crippen molar-refractivity contribution in [2.45, 2.75) is 58.9 Å². The minimum Gasteiger partial charge on any atom is -0.314 e. The zero-order valence-corrected chi connectivity index (χ0v) is 12.3. The Kier molecular flexibility index (Phi) is 7.75. The maximum absolute atomic E-state index is 3.69. The van der Waals surface area contributed by atoms with Gasteiger partial charge in [-0.25, -0.2) is 0 Å². The topological polar surface area (TPSA) is 12.0 Å². The van der Waals surface area contributed by atoms with E-state index in [2.05, 4.69) is 56.4 Å². The molecule has 1 aromatic rings. The van der Waals surface area contributed by atoms with E-state index in [1.807, 2.05) is 0 Å². The Morgan fingerprint density at radius 1 is 1.06 bits per heavy atom. The van der Waals surface area contributed by atoms with E-state index in [0.717, 1.165) is 12.5 Å². The molecule has 1 heteroatoms. The van der Waals surface area contributed by atoms with Gasteiger partial charge in [-0.15, -0.1) is 0 Å². The molecular weight excluding hydrogens is 218 g/mol. The predicted octanol–water partition coefficient (Wildman–Crippen LogP) is 4.42. The molecule has 0 saturated carbocycles. The third kappa shape index (κ3) is 6.80. The van der Waals surface area contributed by atoms with Gasteiger partial charge in [0.05, 0.1) is 0 Å². The first-order valence-corrected chi connectivity index (χ1v) is 7.49. The van der Waals surface area contributed by atoms with Gasteiger partial charge in [0, 0.05) is 6.04 Å². The third-order valence-electron chi connectivity index (χ3n) is 3.34. The summed E-state index contributed by atoms with van der Waals surface area (Å²) in [6.45, 7) is 8.00. The molecule has 0 bridgehead atoms. The average molecular weight is 247 g/mol. The quantitative estimate of drug-likeness (QED) is 0.681. The van der Waals surface area contributed by atoms with Gasteiger partial charge in [-0.1, -0.05) is 63.9 Å². The van der Waals surface area contributed by atoms with Crippen molar-refractivity contribution in [1.82, 2.24) is 5.32 Å². The van der Waals surface area contributed by atoms with Crippen LogP contribution in [0.1, 0.15) is 52.0 Å². The second-order valence-electron chi connectivity index (χ2n) is 5.67. The molecule has 1 rings (SSSR count). The normalized spacial score (nSPS) is 12.9. The summed E-state index contributed by atoms with van der Waals surface area (Å²) in [6, 6.07) is 11.5. The highest BCUT2D eigenvalue weighted by atomic mass is 14.9. The molecule has 1 atom stereocenters. The number of rotatable bonds is 9. The lowest BCUT2D eigenvalue weighted by molar-refractivity contribution is 0.434. The molecule has 0 heterocycles. The monoisotopic (exact) mass is 247 g/mol. The van der Waals surface area contributed by atoms with E-state index in [-0.39, 0.29) is 0 Å². The second-order valence-corrected chi connectivity index (χ2v) is 5.67. The molecular formula is C17H29N. The maximum Gasteiger partial charge on any atom is 0.0107 e. The zero-order chi connectivity index (χ0) is 13.2. The predicted molar refractivity (Wildman–Crippen MR) is 80.9 cm³/mol. The Morgan fingerprint density at radius 3 is 2.39 bits per heavy atom. The lowest BCUT2D eigenvalue weighted by atomic mass is 9.98. The molecule has 0 aliphatic rings. The number of hydrogen-bond acceptors (Lipinski definition) is 1. The van der Waals surface area contributed by atoms with Gasteiger partial charge in [-0.05, 0) is 37.3 Å². The van der Waals surface area contributed by atoms with Crippen LogP contribution in [0, 0.1) is 5.92 Å². The van der Waals surface area contributed by atoms with Crippen molar-refractivity contribution in [3.8, 4) is 0 Å². The summed E-state index contributed by atoms with van der Waals surface area (Å²) >= 11 is 0. The summed E-state index contributed by atoms with van der Waals surface area (Å²) < 4.78 is 0. The maximum atomic E-state index is 3.69. The van der Waals surface area contributed by atoms with Crippen molar-refractivity contribution in [1.29, 1.82) is 0 Å². The number of benzene rings is 1. The van der Waals surface area contributed by atoms with Crippen LogP contribution in [0.3, 0.4) is 0 Å². The summed E-state index contributed by atoms with van der Waals surface area (Å²) in [5, 5.41) is 3.69. The van der Waals surface area contributed by atoms with Gasteiger partial charge in [0.25, 0.3) is 0 Å². The van der Waals surface area contributed by atoms with Gasteiger partial charge in [-0.3, -0.25) is 0 Å². The van der Waals surface area contributed by atoms with Crippen LogP contribution in [0.2, 0.25) is 0 Å². The minimum atomic E-state index is 0.645. The molecule has 102 valence electrons. The molecule has 1 nitrogen and oxygen atoms in total. The fourth-order valence-corrected chi connectivity index (χ4v) is 2.30. The van der Waals surface area contributed by atoms with Crippen LogP contribution >= 0.6 is 0 Å². The Morgan fingerprint density at radius 2 is 1.78 bits per heavy atom. The van der Waals surface area contributed by atoms with Crippen LogP contribution < -0.4 is 5.32 Å².